The third-order valence-electron chi connectivity index (χ3n) is 3.46. The van der Waals surface area contributed by atoms with Crippen molar-refractivity contribution in [3.63, 3.8) is 0 Å². The third-order valence-corrected chi connectivity index (χ3v) is 3.46. The second-order valence-electron chi connectivity index (χ2n) is 6.05. The molecule has 2 heteroatoms. The quantitative estimate of drug-likeness (QED) is 0.832. The van der Waals surface area contributed by atoms with Gasteiger partial charge in [-0.15, -0.1) is 0 Å². The van der Waals surface area contributed by atoms with Crippen LogP contribution in [0.25, 0.3) is 0 Å². The zero-order valence-electron chi connectivity index (χ0n) is 12.6. The Kier molecular flexibility index (Phi) is 5.21. The molecule has 0 fully saturated rings. The first kappa shape index (κ1) is 15.0. The van der Waals surface area contributed by atoms with Crippen LogP contribution in [0.15, 0.2) is 18.2 Å². The van der Waals surface area contributed by atoms with Gasteiger partial charge >= 0.3 is 0 Å². The maximum Gasteiger partial charge on any atom is 0.122 e. The highest BCUT2D eigenvalue weighted by Crippen LogP contribution is 2.32. The molecule has 0 saturated carbocycles. The second-order valence-corrected chi connectivity index (χ2v) is 6.05. The molecule has 1 atom stereocenters. The van der Waals surface area contributed by atoms with E-state index in [1.807, 2.05) is 7.05 Å². The molecule has 0 aliphatic heterocycles. The van der Waals surface area contributed by atoms with E-state index in [2.05, 4.69) is 51.2 Å². The van der Waals surface area contributed by atoms with Gasteiger partial charge < -0.3 is 10.1 Å². The molecule has 1 N–H and O–H groups in total. The van der Waals surface area contributed by atoms with Crippen molar-refractivity contribution >= 4 is 0 Å². The lowest BCUT2D eigenvalue weighted by Crippen LogP contribution is -2.29. The van der Waals surface area contributed by atoms with Gasteiger partial charge in [0.2, 0.25) is 0 Å². The number of rotatable bonds is 6. The molecule has 1 aromatic carbocycles. The topological polar surface area (TPSA) is 21.3 Å². The van der Waals surface area contributed by atoms with Crippen LogP contribution in [0.5, 0.6) is 5.75 Å². The molecule has 0 aliphatic carbocycles. The van der Waals surface area contributed by atoms with Gasteiger partial charge in [0.15, 0.2) is 0 Å². The van der Waals surface area contributed by atoms with E-state index < -0.39 is 0 Å². The maximum atomic E-state index is 5.46. The fourth-order valence-corrected chi connectivity index (χ4v) is 2.56. The summed E-state index contributed by atoms with van der Waals surface area (Å²) in [4.78, 5) is 0. The zero-order valence-corrected chi connectivity index (χ0v) is 12.6. The lowest BCUT2D eigenvalue weighted by Gasteiger charge is -2.29. The minimum absolute atomic E-state index is 0.267. The van der Waals surface area contributed by atoms with E-state index in [9.17, 15) is 0 Å². The van der Waals surface area contributed by atoms with E-state index in [0.717, 1.165) is 18.6 Å². The number of benzene rings is 1. The summed E-state index contributed by atoms with van der Waals surface area (Å²) < 4.78 is 5.46. The van der Waals surface area contributed by atoms with Crippen LogP contribution in [0.2, 0.25) is 0 Å². The van der Waals surface area contributed by atoms with Crippen molar-refractivity contribution in [2.75, 3.05) is 14.2 Å². The highest BCUT2D eigenvalue weighted by molar-refractivity contribution is 5.37. The summed E-state index contributed by atoms with van der Waals surface area (Å²) in [6.45, 7) is 9.01. The summed E-state index contributed by atoms with van der Waals surface area (Å²) in [5.74, 6) is 1.01. The van der Waals surface area contributed by atoms with Gasteiger partial charge in [0.25, 0.3) is 0 Å². The Balaban J connectivity index is 2.85. The van der Waals surface area contributed by atoms with Crippen molar-refractivity contribution in [2.24, 2.45) is 5.41 Å². The molecule has 0 heterocycles. The van der Waals surface area contributed by atoms with Gasteiger partial charge in [0, 0.05) is 6.04 Å². The molecular weight excluding hydrogens is 222 g/mol. The molecule has 1 unspecified atom stereocenters. The number of ether oxygens (including phenoxy) is 1. The van der Waals surface area contributed by atoms with Gasteiger partial charge in [0.1, 0.15) is 5.75 Å². The molecule has 0 aromatic heterocycles. The summed E-state index contributed by atoms with van der Waals surface area (Å²) in [6, 6.07) is 6.95. The van der Waals surface area contributed by atoms with Gasteiger partial charge in [-0.25, -0.2) is 0 Å². The van der Waals surface area contributed by atoms with E-state index in [-0.39, 0.29) is 5.41 Å². The maximum absolute atomic E-state index is 5.46. The highest BCUT2D eigenvalue weighted by atomic mass is 16.5. The minimum atomic E-state index is 0.267. The number of methoxy groups -OCH3 is 1. The standard InChI is InChI=1S/C16H27NO/c1-12-7-8-15(18-6)14(9-12)11-16(3,4)10-13(2)17-5/h7-9,13,17H,10-11H2,1-6H3. The molecule has 102 valence electrons. The SMILES string of the molecule is CNC(C)CC(C)(C)Cc1cc(C)ccc1OC. The molecule has 2 nitrogen and oxygen atoms in total. The van der Waals surface area contributed by atoms with Crippen LogP contribution in [0.4, 0.5) is 0 Å². The number of hydrogen-bond donors (Lipinski definition) is 1. The zero-order chi connectivity index (χ0) is 13.8. The summed E-state index contributed by atoms with van der Waals surface area (Å²) >= 11 is 0. The van der Waals surface area contributed by atoms with Crippen molar-refractivity contribution < 1.29 is 4.74 Å². The lowest BCUT2D eigenvalue weighted by molar-refractivity contribution is 0.288. The van der Waals surface area contributed by atoms with Crippen molar-refractivity contribution in [2.45, 2.75) is 46.6 Å². The molecule has 0 amide bonds. The Bertz CT molecular complexity index is 385. The minimum Gasteiger partial charge on any atom is -0.496 e. The smallest absolute Gasteiger partial charge is 0.122 e. The van der Waals surface area contributed by atoms with Crippen molar-refractivity contribution in [3.8, 4) is 5.75 Å². The molecule has 0 saturated heterocycles. The first-order valence-corrected chi connectivity index (χ1v) is 6.69. The van der Waals surface area contributed by atoms with Crippen LogP contribution < -0.4 is 10.1 Å². The number of nitrogens with one attached hydrogen (secondary N) is 1. The monoisotopic (exact) mass is 249 g/mol. The normalized spacial score (nSPS) is 13.4. The van der Waals surface area contributed by atoms with Gasteiger partial charge in [0.05, 0.1) is 7.11 Å². The van der Waals surface area contributed by atoms with E-state index in [1.54, 1.807) is 7.11 Å². The largest absolute Gasteiger partial charge is 0.496 e. The van der Waals surface area contributed by atoms with Crippen molar-refractivity contribution in [1.82, 2.24) is 5.32 Å². The van der Waals surface area contributed by atoms with E-state index >= 15 is 0 Å². The molecule has 1 aromatic rings. The lowest BCUT2D eigenvalue weighted by atomic mass is 9.80. The second kappa shape index (κ2) is 6.24. The molecular formula is C16H27NO. The van der Waals surface area contributed by atoms with Crippen LogP contribution in [0.1, 0.15) is 38.3 Å². The molecule has 0 spiro atoms. The fourth-order valence-electron chi connectivity index (χ4n) is 2.56. The summed E-state index contributed by atoms with van der Waals surface area (Å²) in [7, 11) is 3.77. The Labute approximate surface area is 112 Å². The van der Waals surface area contributed by atoms with Gasteiger partial charge in [-0.2, -0.15) is 0 Å². The number of hydrogen-bond acceptors (Lipinski definition) is 2. The average Bonchev–Trinajstić information content (AvgIpc) is 2.28. The average molecular weight is 249 g/mol. The Morgan fingerprint density at radius 2 is 2.00 bits per heavy atom. The summed E-state index contributed by atoms with van der Waals surface area (Å²) in [5.41, 5.74) is 2.87. The Hall–Kier alpha value is -1.02. The first-order chi connectivity index (χ1) is 8.38. The molecule has 1 rings (SSSR count). The van der Waals surface area contributed by atoms with E-state index in [4.69, 9.17) is 4.74 Å². The van der Waals surface area contributed by atoms with Crippen LogP contribution >= 0.6 is 0 Å². The van der Waals surface area contributed by atoms with Crippen molar-refractivity contribution in [1.29, 1.82) is 0 Å². The van der Waals surface area contributed by atoms with Crippen molar-refractivity contribution in [3.05, 3.63) is 29.3 Å². The number of aryl methyl sites for hydroxylation is 1. The Morgan fingerprint density at radius 1 is 1.33 bits per heavy atom. The first-order valence-electron chi connectivity index (χ1n) is 6.69. The Morgan fingerprint density at radius 3 is 2.56 bits per heavy atom. The summed E-state index contributed by atoms with van der Waals surface area (Å²) in [5, 5.41) is 3.32. The van der Waals surface area contributed by atoms with E-state index in [1.165, 1.54) is 11.1 Å². The predicted octanol–water partition coefficient (Wildman–Crippen LogP) is 3.57. The third kappa shape index (κ3) is 4.34. The molecule has 0 aliphatic rings. The van der Waals surface area contributed by atoms with E-state index in [0.29, 0.717) is 6.04 Å². The molecule has 18 heavy (non-hydrogen) atoms. The van der Waals surface area contributed by atoms with Crippen LogP contribution in [0, 0.1) is 12.3 Å². The molecule has 0 radical (unpaired) electrons. The summed E-state index contributed by atoms with van der Waals surface area (Å²) in [6.07, 6.45) is 2.20. The fraction of sp³-hybridized carbons (Fsp3) is 0.625. The predicted molar refractivity (Wildman–Crippen MR) is 78.4 cm³/mol. The van der Waals surface area contributed by atoms with Crippen LogP contribution in [-0.2, 0) is 6.42 Å². The van der Waals surface area contributed by atoms with Crippen LogP contribution in [-0.4, -0.2) is 20.2 Å². The van der Waals surface area contributed by atoms with Gasteiger partial charge in [-0.05, 0) is 50.8 Å². The van der Waals surface area contributed by atoms with Crippen LogP contribution in [0.3, 0.4) is 0 Å². The van der Waals surface area contributed by atoms with Gasteiger partial charge in [-0.1, -0.05) is 31.5 Å². The van der Waals surface area contributed by atoms with Gasteiger partial charge in [-0.3, -0.25) is 0 Å². The molecule has 0 bridgehead atoms. The highest BCUT2D eigenvalue weighted by Gasteiger charge is 2.22.